The second-order valence-electron chi connectivity index (χ2n) is 8.00. The standard InChI is InChI=1S/C24H25ClN2O6/c1-14(30)17(15(10-28)11-31-12-29)6-21-24-19(9-27(21)2)16(4-3-5-25)18-7-22-23(33-13-32-22)8-20(18)26-24/h6-8,10,12,14,30H,3-5,9,11,13H2,1-2H3/b17-15-,21-6-. The zero-order valence-corrected chi connectivity index (χ0v) is 19.2. The molecule has 1 N–H and O–H groups in total. The molecule has 0 saturated heterocycles. The van der Waals surface area contributed by atoms with E-state index in [-0.39, 0.29) is 25.4 Å². The molecule has 174 valence electrons. The van der Waals surface area contributed by atoms with Crippen molar-refractivity contribution in [3.8, 4) is 11.5 Å². The van der Waals surface area contributed by atoms with Crippen molar-refractivity contribution in [3.63, 3.8) is 0 Å². The summed E-state index contributed by atoms with van der Waals surface area (Å²) in [6.45, 7) is 2.41. The minimum atomic E-state index is -0.949. The van der Waals surface area contributed by atoms with Gasteiger partial charge in [0.05, 0.1) is 23.0 Å². The largest absolute Gasteiger partial charge is 0.463 e. The number of aldehydes is 1. The van der Waals surface area contributed by atoms with Gasteiger partial charge >= 0.3 is 0 Å². The number of halogens is 1. The van der Waals surface area contributed by atoms with Crippen LogP contribution in [0, 0.1) is 0 Å². The van der Waals surface area contributed by atoms with Crippen molar-refractivity contribution in [1.29, 1.82) is 0 Å². The van der Waals surface area contributed by atoms with Crippen LogP contribution in [0.5, 0.6) is 11.5 Å². The Balaban J connectivity index is 1.91. The first-order chi connectivity index (χ1) is 16.0. The van der Waals surface area contributed by atoms with Crippen molar-refractivity contribution in [2.75, 3.05) is 26.3 Å². The first-order valence-electron chi connectivity index (χ1n) is 10.6. The van der Waals surface area contributed by atoms with Gasteiger partial charge in [-0.2, -0.15) is 0 Å². The topological polar surface area (TPSA) is 98.2 Å². The van der Waals surface area contributed by atoms with Gasteiger partial charge in [0, 0.05) is 42.1 Å². The molecule has 2 aliphatic rings. The highest BCUT2D eigenvalue weighted by molar-refractivity contribution is 6.17. The average molecular weight is 473 g/mol. The number of hydrogen-bond acceptors (Lipinski definition) is 8. The van der Waals surface area contributed by atoms with Crippen LogP contribution >= 0.6 is 11.6 Å². The Morgan fingerprint density at radius 3 is 2.76 bits per heavy atom. The molecule has 2 aliphatic heterocycles. The minimum absolute atomic E-state index is 0.177. The molecule has 1 unspecified atom stereocenters. The highest BCUT2D eigenvalue weighted by Gasteiger charge is 2.29. The molecule has 3 heterocycles. The number of alkyl halides is 1. The summed E-state index contributed by atoms with van der Waals surface area (Å²) in [7, 11) is 1.93. The van der Waals surface area contributed by atoms with Gasteiger partial charge in [0.15, 0.2) is 11.5 Å². The lowest BCUT2D eigenvalue weighted by Gasteiger charge is -2.16. The van der Waals surface area contributed by atoms with Gasteiger partial charge < -0.3 is 24.2 Å². The lowest BCUT2D eigenvalue weighted by Crippen LogP contribution is -2.14. The third-order valence-electron chi connectivity index (χ3n) is 5.87. The van der Waals surface area contributed by atoms with Crippen LogP contribution < -0.4 is 9.47 Å². The Morgan fingerprint density at radius 1 is 1.33 bits per heavy atom. The number of carbonyl (C=O) groups excluding carboxylic acids is 2. The summed E-state index contributed by atoms with van der Waals surface area (Å²) in [5, 5.41) is 11.4. The van der Waals surface area contributed by atoms with E-state index in [1.54, 1.807) is 13.0 Å². The van der Waals surface area contributed by atoms with Crippen molar-refractivity contribution < 1.29 is 28.9 Å². The number of ether oxygens (including phenoxy) is 3. The molecule has 1 aromatic carbocycles. The summed E-state index contributed by atoms with van der Waals surface area (Å²) in [6, 6.07) is 3.84. The highest BCUT2D eigenvalue weighted by atomic mass is 35.5. The monoisotopic (exact) mass is 472 g/mol. The molecule has 0 amide bonds. The third-order valence-corrected chi connectivity index (χ3v) is 6.14. The van der Waals surface area contributed by atoms with Crippen molar-refractivity contribution in [3.05, 3.63) is 46.2 Å². The Labute approximate surface area is 196 Å². The number of hydrogen-bond donors (Lipinski definition) is 1. The minimum Gasteiger partial charge on any atom is -0.463 e. The number of aromatic nitrogens is 1. The maximum absolute atomic E-state index is 11.7. The van der Waals surface area contributed by atoms with Crippen molar-refractivity contribution in [2.45, 2.75) is 32.4 Å². The van der Waals surface area contributed by atoms with E-state index in [0.717, 1.165) is 46.3 Å². The van der Waals surface area contributed by atoms with Gasteiger partial charge in [-0.3, -0.25) is 9.59 Å². The second kappa shape index (κ2) is 9.80. The first-order valence-corrected chi connectivity index (χ1v) is 11.2. The molecule has 1 atom stereocenters. The summed E-state index contributed by atoms with van der Waals surface area (Å²) < 4.78 is 15.9. The molecule has 9 heteroatoms. The summed E-state index contributed by atoms with van der Waals surface area (Å²) in [5.41, 5.74) is 5.08. The Kier molecular flexibility index (Phi) is 6.85. The van der Waals surface area contributed by atoms with E-state index in [9.17, 15) is 14.7 Å². The molecule has 1 aromatic heterocycles. The number of aryl methyl sites for hydroxylation is 1. The lowest BCUT2D eigenvalue weighted by atomic mass is 9.96. The van der Waals surface area contributed by atoms with E-state index in [0.29, 0.717) is 35.8 Å². The highest BCUT2D eigenvalue weighted by Crippen LogP contribution is 2.42. The van der Waals surface area contributed by atoms with Gasteiger partial charge in [-0.15, -0.1) is 11.6 Å². The number of rotatable bonds is 9. The Hall–Kier alpha value is -3.10. The predicted octanol–water partition coefficient (Wildman–Crippen LogP) is 2.97. The quantitative estimate of drug-likeness (QED) is 0.338. The lowest BCUT2D eigenvalue weighted by molar-refractivity contribution is -0.128. The van der Waals surface area contributed by atoms with Crippen LogP contribution in [0.4, 0.5) is 0 Å². The molecule has 0 aliphatic carbocycles. The molecule has 0 saturated carbocycles. The van der Waals surface area contributed by atoms with Gasteiger partial charge in [-0.25, -0.2) is 4.98 Å². The fourth-order valence-corrected chi connectivity index (χ4v) is 4.42. The number of fused-ring (bicyclic) bond motifs is 3. The van der Waals surface area contributed by atoms with E-state index in [4.69, 9.17) is 30.8 Å². The Morgan fingerprint density at radius 2 is 2.09 bits per heavy atom. The van der Waals surface area contributed by atoms with E-state index >= 15 is 0 Å². The van der Waals surface area contributed by atoms with Crippen LogP contribution in [0.3, 0.4) is 0 Å². The number of benzene rings is 1. The van der Waals surface area contributed by atoms with Crippen LogP contribution in [0.1, 0.15) is 30.2 Å². The molecule has 4 rings (SSSR count). The van der Waals surface area contributed by atoms with E-state index < -0.39 is 6.10 Å². The molecule has 0 bridgehead atoms. The van der Waals surface area contributed by atoms with Gasteiger partial charge in [0.2, 0.25) is 6.79 Å². The first kappa shape index (κ1) is 23.1. The summed E-state index contributed by atoms with van der Waals surface area (Å²) >= 11 is 6.02. The van der Waals surface area contributed by atoms with Crippen LogP contribution in [0.15, 0.2) is 29.4 Å². The number of nitrogens with zero attached hydrogens (tertiary/aromatic N) is 2. The summed E-state index contributed by atoms with van der Waals surface area (Å²) in [6.07, 6.45) is 2.97. The fourth-order valence-electron chi connectivity index (χ4n) is 4.29. The average Bonchev–Trinajstić information content (AvgIpc) is 3.38. The molecule has 8 nitrogen and oxygen atoms in total. The fraction of sp³-hybridized carbons (Fsp3) is 0.375. The number of aliphatic hydroxyl groups excluding tert-OH is 1. The van der Waals surface area contributed by atoms with Gasteiger partial charge in [0.1, 0.15) is 12.9 Å². The second-order valence-corrected chi connectivity index (χ2v) is 8.38. The van der Waals surface area contributed by atoms with Gasteiger partial charge in [0.25, 0.3) is 6.47 Å². The molecule has 33 heavy (non-hydrogen) atoms. The van der Waals surface area contributed by atoms with Crippen molar-refractivity contribution >= 4 is 41.0 Å². The number of pyridine rings is 1. The van der Waals surface area contributed by atoms with E-state index in [2.05, 4.69) is 0 Å². The van der Waals surface area contributed by atoms with E-state index in [1.165, 1.54) is 0 Å². The smallest absolute Gasteiger partial charge is 0.293 e. The third kappa shape index (κ3) is 4.41. The van der Waals surface area contributed by atoms with Crippen LogP contribution in [0.2, 0.25) is 0 Å². The molecule has 2 aromatic rings. The number of carbonyl (C=O) groups is 2. The molecule has 0 spiro atoms. The summed E-state index contributed by atoms with van der Waals surface area (Å²) in [5.74, 6) is 1.88. The van der Waals surface area contributed by atoms with Crippen LogP contribution in [-0.2, 0) is 27.3 Å². The van der Waals surface area contributed by atoms with Gasteiger partial charge in [-0.05, 0) is 43.0 Å². The van der Waals surface area contributed by atoms with Crippen LogP contribution in [-0.4, -0.2) is 60.2 Å². The maximum Gasteiger partial charge on any atom is 0.293 e. The van der Waals surface area contributed by atoms with Crippen molar-refractivity contribution in [1.82, 2.24) is 9.88 Å². The SMILES string of the molecule is CC(O)C(/C=C1/c2nc3cc4c(cc3c(CCCCl)c2CN1C)OCO4)=C(/C=O)COC=O. The zero-order valence-electron chi connectivity index (χ0n) is 18.5. The van der Waals surface area contributed by atoms with E-state index in [1.807, 2.05) is 24.1 Å². The number of aliphatic hydroxyl groups is 1. The maximum atomic E-state index is 11.7. The van der Waals surface area contributed by atoms with Gasteiger partial charge in [-0.1, -0.05) is 0 Å². The zero-order chi connectivity index (χ0) is 23.5. The Bertz CT molecular complexity index is 1160. The molecule has 0 fully saturated rings. The normalized spacial score (nSPS) is 17.2. The molecular weight excluding hydrogens is 448 g/mol. The predicted molar refractivity (Wildman–Crippen MR) is 123 cm³/mol. The summed E-state index contributed by atoms with van der Waals surface area (Å²) in [4.78, 5) is 29.2. The van der Waals surface area contributed by atoms with Crippen molar-refractivity contribution in [2.24, 2.45) is 0 Å². The molecule has 0 radical (unpaired) electrons. The van der Waals surface area contributed by atoms with Crippen LogP contribution in [0.25, 0.3) is 16.6 Å². The molecular formula is C24H25ClN2O6.